The lowest BCUT2D eigenvalue weighted by atomic mass is 10.1. The van der Waals surface area contributed by atoms with Crippen LogP contribution >= 0.6 is 0 Å². The Morgan fingerprint density at radius 3 is 2.80 bits per heavy atom. The summed E-state index contributed by atoms with van der Waals surface area (Å²) < 4.78 is 36.7. The van der Waals surface area contributed by atoms with Gasteiger partial charge in [0.05, 0.1) is 11.4 Å². The number of hydrogen-bond acceptors (Lipinski definition) is 5. The third-order valence-corrected chi connectivity index (χ3v) is 3.39. The van der Waals surface area contributed by atoms with Crippen LogP contribution in [0, 0.1) is 11.6 Å². The number of oxime groups is 1. The van der Waals surface area contributed by atoms with Gasteiger partial charge in [0, 0.05) is 11.6 Å². The number of carbonyl (C=O) groups excluding carboxylic acids is 1. The molecule has 1 amide bonds. The summed E-state index contributed by atoms with van der Waals surface area (Å²) in [5.74, 6) is -0.952. The van der Waals surface area contributed by atoms with Gasteiger partial charge in [0.15, 0.2) is 18.1 Å². The molecule has 0 atom stereocenters. The fourth-order valence-corrected chi connectivity index (χ4v) is 2.14. The highest BCUT2D eigenvalue weighted by Gasteiger charge is 2.14. The van der Waals surface area contributed by atoms with Crippen LogP contribution in [0.3, 0.4) is 0 Å². The molecule has 0 saturated carbocycles. The first-order valence-electron chi connectivity index (χ1n) is 7.34. The van der Waals surface area contributed by atoms with E-state index in [2.05, 4.69) is 10.5 Å². The van der Waals surface area contributed by atoms with E-state index in [1.807, 2.05) is 0 Å². The lowest BCUT2D eigenvalue weighted by molar-refractivity contribution is -0.120. The first-order chi connectivity index (χ1) is 12.0. The van der Waals surface area contributed by atoms with E-state index >= 15 is 0 Å². The van der Waals surface area contributed by atoms with Crippen molar-refractivity contribution < 1.29 is 27.9 Å². The number of hydrogen-bond donors (Lipinski definition) is 1. The Balaban J connectivity index is 1.56. The van der Waals surface area contributed by atoms with Crippen molar-refractivity contribution in [2.45, 2.75) is 6.92 Å². The molecule has 1 aliphatic rings. The predicted molar refractivity (Wildman–Crippen MR) is 85.7 cm³/mol. The Morgan fingerprint density at radius 1 is 1.20 bits per heavy atom. The molecule has 0 saturated heterocycles. The summed E-state index contributed by atoms with van der Waals surface area (Å²) in [4.78, 5) is 16.7. The number of benzene rings is 2. The summed E-state index contributed by atoms with van der Waals surface area (Å²) in [5, 5.41) is 6.12. The zero-order chi connectivity index (χ0) is 17.8. The number of carbonyl (C=O) groups is 1. The Hall–Kier alpha value is -3.16. The monoisotopic (exact) mass is 348 g/mol. The topological polar surface area (TPSA) is 69.2 Å². The molecule has 1 N–H and O–H groups in total. The quantitative estimate of drug-likeness (QED) is 0.666. The Kier molecular flexibility index (Phi) is 4.78. The van der Waals surface area contributed by atoms with Crippen molar-refractivity contribution in [3.63, 3.8) is 0 Å². The van der Waals surface area contributed by atoms with Gasteiger partial charge in [0.1, 0.15) is 11.6 Å². The molecule has 0 aliphatic carbocycles. The highest BCUT2D eigenvalue weighted by molar-refractivity contribution is 5.99. The van der Waals surface area contributed by atoms with Gasteiger partial charge < -0.3 is 19.6 Å². The maximum Gasteiger partial charge on any atom is 0.265 e. The molecule has 6 nitrogen and oxygen atoms in total. The standard InChI is InChI=1S/C17H14F2N2O4/c1-10(11-2-5-15-16(6-11)24-9-23-15)21-25-8-17(22)20-14-4-3-12(18)7-13(14)19/h2-7H,8-9H2,1H3,(H,20,22)/b21-10+. The lowest BCUT2D eigenvalue weighted by Gasteiger charge is -2.06. The molecule has 0 bridgehead atoms. The van der Waals surface area contributed by atoms with Crippen LogP contribution in [0.1, 0.15) is 12.5 Å². The average molecular weight is 348 g/mol. The first-order valence-corrected chi connectivity index (χ1v) is 7.34. The fourth-order valence-electron chi connectivity index (χ4n) is 2.14. The van der Waals surface area contributed by atoms with Gasteiger partial charge in [-0.05, 0) is 37.3 Å². The van der Waals surface area contributed by atoms with Crippen LogP contribution in [-0.4, -0.2) is 25.0 Å². The molecule has 3 rings (SSSR count). The van der Waals surface area contributed by atoms with E-state index in [0.717, 1.165) is 17.7 Å². The van der Waals surface area contributed by atoms with Crippen molar-refractivity contribution in [3.8, 4) is 11.5 Å². The molecule has 0 unspecified atom stereocenters. The van der Waals surface area contributed by atoms with Crippen LogP contribution in [0.5, 0.6) is 11.5 Å². The third kappa shape index (κ3) is 4.03. The molecule has 130 valence electrons. The molecular weight excluding hydrogens is 334 g/mol. The van der Waals surface area contributed by atoms with Crippen molar-refractivity contribution in [2.24, 2.45) is 5.16 Å². The molecule has 8 heteroatoms. The molecule has 0 radical (unpaired) electrons. The normalized spacial score (nSPS) is 12.8. The van der Waals surface area contributed by atoms with E-state index in [0.29, 0.717) is 23.3 Å². The van der Waals surface area contributed by atoms with E-state index in [1.54, 1.807) is 25.1 Å². The number of rotatable bonds is 5. The van der Waals surface area contributed by atoms with Gasteiger partial charge in [-0.1, -0.05) is 5.16 Å². The number of halogens is 2. The van der Waals surface area contributed by atoms with Crippen LogP contribution in [0.15, 0.2) is 41.6 Å². The smallest absolute Gasteiger partial charge is 0.265 e. The first kappa shape index (κ1) is 16.7. The van der Waals surface area contributed by atoms with Gasteiger partial charge in [-0.25, -0.2) is 8.78 Å². The molecule has 1 aliphatic heterocycles. The number of anilines is 1. The fraction of sp³-hybridized carbons (Fsp3) is 0.176. The van der Waals surface area contributed by atoms with Crippen LogP contribution in [0.2, 0.25) is 0 Å². The number of fused-ring (bicyclic) bond motifs is 1. The maximum absolute atomic E-state index is 13.4. The molecular formula is C17H14F2N2O4. The molecule has 0 aromatic heterocycles. The van der Waals surface area contributed by atoms with E-state index in [-0.39, 0.29) is 12.5 Å². The average Bonchev–Trinajstić information content (AvgIpc) is 3.05. The number of nitrogens with zero attached hydrogens (tertiary/aromatic N) is 1. The van der Waals surface area contributed by atoms with Crippen LogP contribution in [0.4, 0.5) is 14.5 Å². The summed E-state index contributed by atoms with van der Waals surface area (Å²) in [6.07, 6.45) is 0. The summed E-state index contributed by atoms with van der Waals surface area (Å²) >= 11 is 0. The maximum atomic E-state index is 13.4. The summed E-state index contributed by atoms with van der Waals surface area (Å²) in [6, 6.07) is 8.13. The second kappa shape index (κ2) is 7.16. The van der Waals surface area contributed by atoms with Gasteiger partial charge >= 0.3 is 0 Å². The number of ether oxygens (including phenoxy) is 2. The predicted octanol–water partition coefficient (Wildman–Crippen LogP) is 3.07. The SMILES string of the molecule is C/C(=N\OCC(=O)Nc1ccc(F)cc1F)c1ccc2c(c1)OCO2. The summed E-state index contributed by atoms with van der Waals surface area (Å²) in [6.45, 7) is 1.46. The Bertz CT molecular complexity index is 839. The minimum Gasteiger partial charge on any atom is -0.454 e. The van der Waals surface area contributed by atoms with Gasteiger partial charge in [0.25, 0.3) is 5.91 Å². The van der Waals surface area contributed by atoms with Gasteiger partial charge in [-0.3, -0.25) is 4.79 Å². The van der Waals surface area contributed by atoms with E-state index in [9.17, 15) is 13.6 Å². The van der Waals surface area contributed by atoms with Crippen molar-refractivity contribution >= 4 is 17.3 Å². The van der Waals surface area contributed by atoms with Crippen LogP contribution in [0.25, 0.3) is 0 Å². The third-order valence-electron chi connectivity index (χ3n) is 3.39. The largest absolute Gasteiger partial charge is 0.454 e. The van der Waals surface area contributed by atoms with Gasteiger partial charge in [-0.15, -0.1) is 0 Å². The van der Waals surface area contributed by atoms with Gasteiger partial charge in [-0.2, -0.15) is 0 Å². The zero-order valence-electron chi connectivity index (χ0n) is 13.2. The molecule has 0 fully saturated rings. The summed E-state index contributed by atoms with van der Waals surface area (Å²) in [5.41, 5.74) is 1.14. The minimum absolute atomic E-state index is 0.133. The van der Waals surface area contributed by atoms with Crippen molar-refractivity contribution in [2.75, 3.05) is 18.7 Å². The molecule has 2 aromatic rings. The second-order valence-electron chi connectivity index (χ2n) is 5.19. The highest BCUT2D eigenvalue weighted by atomic mass is 19.1. The van der Waals surface area contributed by atoms with E-state index in [1.165, 1.54) is 0 Å². The lowest BCUT2D eigenvalue weighted by Crippen LogP contribution is -2.18. The highest BCUT2D eigenvalue weighted by Crippen LogP contribution is 2.32. The summed E-state index contributed by atoms with van der Waals surface area (Å²) in [7, 11) is 0. The van der Waals surface area contributed by atoms with E-state index < -0.39 is 24.1 Å². The molecule has 1 heterocycles. The van der Waals surface area contributed by atoms with Crippen LogP contribution in [-0.2, 0) is 9.63 Å². The van der Waals surface area contributed by atoms with E-state index in [4.69, 9.17) is 14.3 Å². The Morgan fingerprint density at radius 2 is 2.00 bits per heavy atom. The second-order valence-corrected chi connectivity index (χ2v) is 5.19. The zero-order valence-corrected chi connectivity index (χ0v) is 13.2. The molecule has 25 heavy (non-hydrogen) atoms. The number of amides is 1. The van der Waals surface area contributed by atoms with Gasteiger partial charge in [0.2, 0.25) is 6.79 Å². The van der Waals surface area contributed by atoms with Crippen molar-refractivity contribution in [1.29, 1.82) is 0 Å². The number of nitrogens with one attached hydrogen (secondary N) is 1. The van der Waals surface area contributed by atoms with Crippen molar-refractivity contribution in [3.05, 3.63) is 53.6 Å². The molecule has 2 aromatic carbocycles. The van der Waals surface area contributed by atoms with Crippen LogP contribution < -0.4 is 14.8 Å². The Labute approximate surface area is 142 Å². The van der Waals surface area contributed by atoms with Crippen molar-refractivity contribution in [1.82, 2.24) is 0 Å². The molecule has 0 spiro atoms. The minimum atomic E-state index is -0.867.